The summed E-state index contributed by atoms with van der Waals surface area (Å²) in [6, 6.07) is 4.79. The average Bonchev–Trinajstić information content (AvgIpc) is 3.74. The number of amides is 1. The van der Waals surface area contributed by atoms with Gasteiger partial charge in [0.05, 0.1) is 22.9 Å². The van der Waals surface area contributed by atoms with Gasteiger partial charge in [-0.1, -0.05) is 18.2 Å². The van der Waals surface area contributed by atoms with Crippen LogP contribution >= 0.6 is 0 Å². The van der Waals surface area contributed by atoms with E-state index in [0.29, 0.717) is 34.9 Å². The molecule has 4 aliphatic rings. The maximum absolute atomic E-state index is 14.7. The van der Waals surface area contributed by atoms with E-state index >= 15 is 0 Å². The standard InChI is InChI=1S/C26H29F3N4O2/c1-12(14-3-2-4-15(23(14)27)25(28)29)31-26(35)19-11-33(21-7-16(21)13-5-6-13)22(34)8-20(19)32-24-17-9-30-10-18(17)24/h2-4,8,11-13,16-18,21,24-25,30,32H,5-7,9-10H2,1H3,(H,31,35)/t12-,16+,17-,18+,21-,24+/m1/s1. The molecule has 2 heterocycles. The first-order valence-corrected chi connectivity index (χ1v) is 12.4. The van der Waals surface area contributed by atoms with Crippen molar-refractivity contribution in [3.63, 3.8) is 0 Å². The van der Waals surface area contributed by atoms with Gasteiger partial charge in [0.25, 0.3) is 17.9 Å². The third-order valence-electron chi connectivity index (χ3n) is 8.24. The fraction of sp³-hybridized carbons (Fsp3) is 0.538. The van der Waals surface area contributed by atoms with Gasteiger partial charge in [0.2, 0.25) is 0 Å². The van der Waals surface area contributed by atoms with Crippen LogP contribution in [0.5, 0.6) is 0 Å². The minimum Gasteiger partial charge on any atom is -0.381 e. The maximum atomic E-state index is 14.7. The Morgan fingerprint density at radius 3 is 2.54 bits per heavy atom. The SMILES string of the molecule is C[C@@H](NC(=O)c1cn([C@@H]2C[C@H]2C2CC2)c(=O)cc1N[C@H]1[C@@H]2CNC[C@@H]21)c1cccc(C(F)F)c1F. The highest BCUT2D eigenvalue weighted by Crippen LogP contribution is 2.56. The molecule has 0 bridgehead atoms. The molecule has 3 saturated carbocycles. The number of alkyl halides is 2. The summed E-state index contributed by atoms with van der Waals surface area (Å²) in [5.41, 5.74) is -0.0297. The predicted octanol–water partition coefficient (Wildman–Crippen LogP) is 4.02. The Kier molecular flexibility index (Phi) is 5.43. The van der Waals surface area contributed by atoms with Crippen molar-refractivity contribution in [2.75, 3.05) is 18.4 Å². The molecule has 35 heavy (non-hydrogen) atoms. The Morgan fingerprint density at radius 2 is 1.86 bits per heavy atom. The van der Waals surface area contributed by atoms with Crippen LogP contribution in [-0.4, -0.2) is 29.6 Å². The van der Waals surface area contributed by atoms with E-state index in [2.05, 4.69) is 16.0 Å². The summed E-state index contributed by atoms with van der Waals surface area (Å²) in [7, 11) is 0. The third kappa shape index (κ3) is 4.13. The number of pyridine rings is 1. The normalized spacial score (nSPS) is 29.6. The van der Waals surface area contributed by atoms with Crippen molar-refractivity contribution in [1.82, 2.24) is 15.2 Å². The van der Waals surface area contributed by atoms with Gasteiger partial charge in [-0.15, -0.1) is 0 Å². The smallest absolute Gasteiger partial charge is 0.266 e. The van der Waals surface area contributed by atoms with Crippen LogP contribution in [0.1, 0.15) is 66.2 Å². The van der Waals surface area contributed by atoms with Gasteiger partial charge in [0, 0.05) is 43.0 Å². The zero-order valence-corrected chi connectivity index (χ0v) is 19.4. The molecule has 0 spiro atoms. The predicted molar refractivity (Wildman–Crippen MR) is 125 cm³/mol. The average molecular weight is 487 g/mol. The van der Waals surface area contributed by atoms with E-state index in [0.717, 1.165) is 25.6 Å². The van der Waals surface area contributed by atoms with Gasteiger partial charge in [-0.05, 0) is 49.9 Å². The van der Waals surface area contributed by atoms with Crippen molar-refractivity contribution >= 4 is 11.6 Å². The highest BCUT2D eigenvalue weighted by Gasteiger charge is 2.53. The van der Waals surface area contributed by atoms with Crippen LogP contribution in [0.3, 0.4) is 0 Å². The van der Waals surface area contributed by atoms with E-state index in [1.807, 2.05) is 0 Å². The summed E-state index contributed by atoms with van der Waals surface area (Å²) in [6.45, 7) is 3.38. The number of hydrogen-bond acceptors (Lipinski definition) is 4. The number of halogens is 3. The molecule has 1 saturated heterocycles. The number of carbonyl (C=O) groups is 1. The lowest BCUT2D eigenvalue weighted by molar-refractivity contribution is 0.0939. The molecular formula is C26H29F3N4O2. The fourth-order valence-corrected chi connectivity index (χ4v) is 5.89. The van der Waals surface area contributed by atoms with E-state index in [-0.39, 0.29) is 23.2 Å². The number of fused-ring (bicyclic) bond motifs is 1. The number of nitrogens with zero attached hydrogens (tertiary/aromatic N) is 1. The Bertz CT molecular complexity index is 1220. The third-order valence-corrected chi connectivity index (χ3v) is 8.24. The Morgan fingerprint density at radius 1 is 1.14 bits per heavy atom. The molecule has 1 aromatic carbocycles. The summed E-state index contributed by atoms with van der Waals surface area (Å²) < 4.78 is 42.7. The molecule has 3 aliphatic carbocycles. The minimum atomic E-state index is -2.94. The highest BCUT2D eigenvalue weighted by atomic mass is 19.3. The van der Waals surface area contributed by atoms with E-state index in [1.54, 1.807) is 17.7 Å². The van der Waals surface area contributed by atoms with E-state index in [1.165, 1.54) is 31.0 Å². The molecule has 1 aromatic heterocycles. The van der Waals surface area contributed by atoms with Gasteiger partial charge < -0.3 is 20.5 Å². The van der Waals surface area contributed by atoms with Gasteiger partial charge in [0.15, 0.2) is 0 Å². The lowest BCUT2D eigenvalue weighted by atomic mass is 10.0. The van der Waals surface area contributed by atoms with Crippen LogP contribution in [0.25, 0.3) is 0 Å². The van der Waals surface area contributed by atoms with Gasteiger partial charge in [-0.25, -0.2) is 13.2 Å². The molecule has 2 aromatic rings. The fourth-order valence-electron chi connectivity index (χ4n) is 5.89. The number of rotatable bonds is 8. The van der Waals surface area contributed by atoms with Crippen LogP contribution in [0.2, 0.25) is 0 Å². The second kappa shape index (κ2) is 8.40. The summed E-state index contributed by atoms with van der Waals surface area (Å²) in [6.07, 6.45) is 2.02. The molecule has 4 fully saturated rings. The van der Waals surface area contributed by atoms with E-state index in [9.17, 15) is 22.8 Å². The molecule has 3 N–H and O–H groups in total. The molecule has 6 rings (SSSR count). The zero-order chi connectivity index (χ0) is 24.4. The molecule has 0 radical (unpaired) electrons. The number of anilines is 1. The number of benzene rings is 1. The summed E-state index contributed by atoms with van der Waals surface area (Å²) in [5, 5.41) is 9.49. The van der Waals surface area contributed by atoms with Gasteiger partial charge in [0.1, 0.15) is 5.82 Å². The number of aromatic nitrogens is 1. The van der Waals surface area contributed by atoms with Gasteiger partial charge in [-0.3, -0.25) is 9.59 Å². The first-order valence-electron chi connectivity index (χ1n) is 12.4. The molecule has 0 unspecified atom stereocenters. The Hall–Kier alpha value is -2.81. The number of piperidine rings is 1. The lowest BCUT2D eigenvalue weighted by Gasteiger charge is -2.20. The number of nitrogens with one attached hydrogen (secondary N) is 3. The van der Waals surface area contributed by atoms with Crippen molar-refractivity contribution < 1.29 is 18.0 Å². The van der Waals surface area contributed by atoms with Crippen molar-refractivity contribution in [3.8, 4) is 0 Å². The molecule has 1 aliphatic heterocycles. The molecular weight excluding hydrogens is 457 g/mol. The number of carbonyl (C=O) groups excluding carboxylic acids is 1. The molecule has 9 heteroatoms. The summed E-state index contributed by atoms with van der Waals surface area (Å²) in [5.74, 6) is 0.624. The first-order chi connectivity index (χ1) is 16.8. The van der Waals surface area contributed by atoms with E-state index in [4.69, 9.17) is 0 Å². The van der Waals surface area contributed by atoms with Crippen molar-refractivity contribution in [2.24, 2.45) is 23.7 Å². The molecule has 186 valence electrons. The maximum Gasteiger partial charge on any atom is 0.266 e. The monoisotopic (exact) mass is 486 g/mol. The quantitative estimate of drug-likeness (QED) is 0.527. The summed E-state index contributed by atoms with van der Waals surface area (Å²) >= 11 is 0. The van der Waals surface area contributed by atoms with Gasteiger partial charge >= 0.3 is 0 Å². The van der Waals surface area contributed by atoms with Crippen molar-refractivity contribution in [1.29, 1.82) is 0 Å². The lowest BCUT2D eigenvalue weighted by Crippen LogP contribution is -2.31. The van der Waals surface area contributed by atoms with Crippen LogP contribution in [-0.2, 0) is 0 Å². The highest BCUT2D eigenvalue weighted by molar-refractivity contribution is 5.99. The van der Waals surface area contributed by atoms with Crippen LogP contribution in [0.4, 0.5) is 18.9 Å². The largest absolute Gasteiger partial charge is 0.381 e. The topological polar surface area (TPSA) is 75.2 Å². The van der Waals surface area contributed by atoms with Crippen LogP contribution in [0, 0.1) is 29.5 Å². The Labute approximate surface area is 201 Å². The van der Waals surface area contributed by atoms with Gasteiger partial charge in [-0.2, -0.15) is 0 Å². The van der Waals surface area contributed by atoms with E-state index < -0.39 is 29.8 Å². The zero-order valence-electron chi connectivity index (χ0n) is 19.4. The number of hydrogen-bond donors (Lipinski definition) is 3. The Balaban J connectivity index is 1.28. The van der Waals surface area contributed by atoms with Crippen LogP contribution < -0.4 is 21.5 Å². The minimum absolute atomic E-state index is 0.00206. The molecule has 1 amide bonds. The molecule has 6 nitrogen and oxygen atoms in total. The second-order valence-electron chi connectivity index (χ2n) is 10.6. The molecule has 6 atom stereocenters. The summed E-state index contributed by atoms with van der Waals surface area (Å²) in [4.78, 5) is 26.4. The van der Waals surface area contributed by atoms with Crippen LogP contribution in [0.15, 0.2) is 35.3 Å². The van der Waals surface area contributed by atoms with Crippen molar-refractivity contribution in [3.05, 3.63) is 63.3 Å². The second-order valence-corrected chi connectivity index (χ2v) is 10.6. The first kappa shape index (κ1) is 22.6. The van der Waals surface area contributed by atoms with Crippen molar-refractivity contribution in [2.45, 2.75) is 50.7 Å².